The van der Waals surface area contributed by atoms with Gasteiger partial charge >= 0.3 is 12.4 Å². The summed E-state index contributed by atoms with van der Waals surface area (Å²) in [5, 5.41) is 0. The molecule has 0 saturated heterocycles. The normalized spacial score (nSPS) is 13.0. The lowest BCUT2D eigenvalue weighted by Gasteiger charge is -2.38. The van der Waals surface area contributed by atoms with Crippen LogP contribution >= 0.6 is 0 Å². The molecule has 8 heteroatoms. The van der Waals surface area contributed by atoms with Crippen molar-refractivity contribution in [1.82, 2.24) is 0 Å². The molecule has 0 radical (unpaired) electrons. The minimum Gasteiger partial charge on any atom is -0.169 e. The second-order valence-corrected chi connectivity index (χ2v) is 19.4. The predicted molar refractivity (Wildman–Crippen MR) is 126 cm³/mol. The molecule has 0 aliphatic rings. The Labute approximate surface area is 193 Å². The molecule has 0 spiro atoms. The first-order valence-electron chi connectivity index (χ1n) is 10.3. The molecule has 0 atom stereocenters. The molecule has 0 unspecified atom stereocenters. The highest BCUT2D eigenvalue weighted by Gasteiger charge is 2.72. The van der Waals surface area contributed by atoms with E-state index in [0.717, 1.165) is 24.3 Å². The van der Waals surface area contributed by atoms with Gasteiger partial charge in [-0.1, -0.05) is 75.4 Å². The highest BCUT2D eigenvalue weighted by molar-refractivity contribution is 6.84. The van der Waals surface area contributed by atoms with Crippen LogP contribution in [0.15, 0.2) is 48.5 Å². The molecule has 2 aromatic carbocycles. The average Bonchev–Trinajstić information content (AvgIpc) is 2.64. The number of halogens is 6. The molecule has 176 valence electrons. The van der Waals surface area contributed by atoms with Gasteiger partial charge in [0.25, 0.3) is 0 Å². The number of hydrogen-bond acceptors (Lipinski definition) is 0. The van der Waals surface area contributed by atoms with Gasteiger partial charge in [0, 0.05) is 11.1 Å². The van der Waals surface area contributed by atoms with Crippen LogP contribution in [0.4, 0.5) is 26.3 Å². The van der Waals surface area contributed by atoms with E-state index in [1.54, 1.807) is 0 Å². The van der Waals surface area contributed by atoms with Crippen molar-refractivity contribution in [3.63, 3.8) is 0 Å². The molecule has 0 aliphatic carbocycles. The van der Waals surface area contributed by atoms with Crippen molar-refractivity contribution in [3.05, 3.63) is 70.8 Å². The second kappa shape index (κ2) is 9.08. The Balaban J connectivity index is 2.69. The molecule has 0 saturated carbocycles. The molecule has 33 heavy (non-hydrogen) atoms. The van der Waals surface area contributed by atoms with Crippen molar-refractivity contribution in [3.8, 4) is 22.9 Å². The van der Waals surface area contributed by atoms with Gasteiger partial charge in [-0.05, 0) is 35.4 Å². The average molecular weight is 497 g/mol. The van der Waals surface area contributed by atoms with Gasteiger partial charge in [0.2, 0.25) is 5.41 Å². The van der Waals surface area contributed by atoms with E-state index in [-0.39, 0.29) is 0 Å². The molecule has 0 aromatic heterocycles. The summed E-state index contributed by atoms with van der Waals surface area (Å²) in [6, 6.07) is 8.32. The summed E-state index contributed by atoms with van der Waals surface area (Å²) in [4.78, 5) is 0. The van der Waals surface area contributed by atoms with Gasteiger partial charge < -0.3 is 0 Å². The van der Waals surface area contributed by atoms with Crippen molar-refractivity contribution >= 4 is 16.1 Å². The van der Waals surface area contributed by atoms with Gasteiger partial charge in [-0.2, -0.15) is 26.3 Å². The zero-order valence-corrected chi connectivity index (χ0v) is 21.4. The fraction of sp³-hybridized carbons (Fsp3) is 0.360. The standard InChI is InChI=1S/C25H26F6Si2/c1-32(2,3)17-15-19-7-11-21(12-8-19)23(24(26,27)28,25(29,30)31)22-13-9-20(10-14-22)16-18-33(4,5)6/h7-14H,1-6H3. The lowest BCUT2D eigenvalue weighted by atomic mass is 9.72. The zero-order chi connectivity index (χ0) is 25.3. The van der Waals surface area contributed by atoms with Crippen molar-refractivity contribution in [1.29, 1.82) is 0 Å². The molecule has 2 rings (SSSR count). The van der Waals surface area contributed by atoms with Crippen LogP contribution in [0.3, 0.4) is 0 Å². The van der Waals surface area contributed by atoms with Crippen LogP contribution in [-0.4, -0.2) is 28.5 Å². The molecule has 0 aliphatic heterocycles. The molecular weight excluding hydrogens is 470 g/mol. The fourth-order valence-electron chi connectivity index (χ4n) is 3.11. The minimum atomic E-state index is -5.62. The summed E-state index contributed by atoms with van der Waals surface area (Å²) in [5.74, 6) is 5.70. The maximum Gasteiger partial charge on any atom is 0.411 e. The second-order valence-electron chi connectivity index (χ2n) is 9.90. The fourth-order valence-corrected chi connectivity index (χ4v) is 4.15. The van der Waals surface area contributed by atoms with E-state index >= 15 is 0 Å². The number of benzene rings is 2. The van der Waals surface area contributed by atoms with Crippen LogP contribution in [0.2, 0.25) is 39.3 Å². The molecule has 0 bridgehead atoms. The van der Waals surface area contributed by atoms with Crippen LogP contribution in [0.25, 0.3) is 0 Å². The summed E-state index contributed by atoms with van der Waals surface area (Å²) < 4.78 is 85.7. The summed E-state index contributed by atoms with van der Waals surface area (Å²) in [6.07, 6.45) is -11.2. The number of alkyl halides is 6. The first-order valence-corrected chi connectivity index (χ1v) is 17.3. The highest BCUT2D eigenvalue weighted by Crippen LogP contribution is 2.56. The lowest BCUT2D eigenvalue weighted by molar-refractivity contribution is -0.288. The number of rotatable bonds is 2. The molecule has 2 aromatic rings. The van der Waals surface area contributed by atoms with E-state index < -0.39 is 45.0 Å². The molecule has 0 fully saturated rings. The molecule has 0 nitrogen and oxygen atoms in total. The van der Waals surface area contributed by atoms with Crippen molar-refractivity contribution < 1.29 is 26.3 Å². The first kappa shape index (κ1) is 26.8. The summed E-state index contributed by atoms with van der Waals surface area (Å²) in [7, 11) is -3.51. The maximum atomic E-state index is 14.3. The van der Waals surface area contributed by atoms with Crippen LogP contribution in [0, 0.1) is 22.9 Å². The Kier molecular flexibility index (Phi) is 7.38. The van der Waals surface area contributed by atoms with Crippen molar-refractivity contribution in [2.75, 3.05) is 0 Å². The summed E-state index contributed by atoms with van der Waals surface area (Å²) >= 11 is 0. The van der Waals surface area contributed by atoms with E-state index in [9.17, 15) is 26.3 Å². The van der Waals surface area contributed by atoms with Crippen LogP contribution < -0.4 is 0 Å². The van der Waals surface area contributed by atoms with E-state index in [0.29, 0.717) is 11.1 Å². The monoisotopic (exact) mass is 496 g/mol. The quantitative estimate of drug-likeness (QED) is 0.229. The van der Waals surface area contributed by atoms with E-state index in [1.165, 1.54) is 24.3 Å². The topological polar surface area (TPSA) is 0 Å². The van der Waals surface area contributed by atoms with Crippen LogP contribution in [0.1, 0.15) is 22.3 Å². The molecule has 0 N–H and O–H groups in total. The largest absolute Gasteiger partial charge is 0.411 e. The molecule has 0 amide bonds. The van der Waals surface area contributed by atoms with E-state index in [4.69, 9.17) is 0 Å². The summed E-state index contributed by atoms with van der Waals surface area (Å²) in [5.41, 5.74) is 0.873. The summed E-state index contributed by atoms with van der Waals surface area (Å²) in [6.45, 7) is 11.9. The Bertz CT molecular complexity index is 998. The maximum absolute atomic E-state index is 14.3. The van der Waals surface area contributed by atoms with Crippen molar-refractivity contribution in [2.24, 2.45) is 0 Å². The molecule has 0 heterocycles. The Morgan fingerprint density at radius 3 is 1.00 bits per heavy atom. The number of hydrogen-bond donors (Lipinski definition) is 0. The van der Waals surface area contributed by atoms with Crippen LogP contribution in [0.5, 0.6) is 0 Å². The minimum absolute atomic E-state index is 0.372. The zero-order valence-electron chi connectivity index (χ0n) is 19.4. The highest BCUT2D eigenvalue weighted by atomic mass is 28.3. The van der Waals surface area contributed by atoms with E-state index in [1.807, 2.05) is 39.3 Å². The van der Waals surface area contributed by atoms with Gasteiger partial charge in [-0.25, -0.2) is 0 Å². The van der Waals surface area contributed by atoms with Gasteiger partial charge in [0.1, 0.15) is 16.1 Å². The Morgan fingerprint density at radius 2 is 0.788 bits per heavy atom. The van der Waals surface area contributed by atoms with Crippen molar-refractivity contribution in [2.45, 2.75) is 57.0 Å². The first-order chi connectivity index (χ1) is 14.9. The predicted octanol–water partition coefficient (Wildman–Crippen LogP) is 7.56. The third-order valence-electron chi connectivity index (χ3n) is 4.65. The Hall–Kier alpha value is -2.43. The van der Waals surface area contributed by atoms with E-state index in [2.05, 4.69) is 22.9 Å². The van der Waals surface area contributed by atoms with Gasteiger partial charge in [-0.15, -0.1) is 11.1 Å². The van der Waals surface area contributed by atoms with Gasteiger partial charge in [-0.3, -0.25) is 0 Å². The molecular formula is C25H26F6Si2. The SMILES string of the molecule is C[Si](C)(C)C#Cc1ccc(C(c2ccc(C#C[Si](C)(C)C)cc2)(C(F)(F)F)C(F)(F)F)cc1. The third kappa shape index (κ3) is 6.34. The lowest BCUT2D eigenvalue weighted by Crippen LogP contribution is -2.54. The van der Waals surface area contributed by atoms with Gasteiger partial charge in [0.15, 0.2) is 0 Å². The Morgan fingerprint density at radius 1 is 0.515 bits per heavy atom. The van der Waals surface area contributed by atoms with Crippen LogP contribution in [-0.2, 0) is 5.41 Å². The third-order valence-corrected chi connectivity index (χ3v) is 6.40. The van der Waals surface area contributed by atoms with Gasteiger partial charge in [0.05, 0.1) is 0 Å². The smallest absolute Gasteiger partial charge is 0.169 e.